The molecule has 0 aliphatic rings. The van der Waals surface area contributed by atoms with Crippen molar-refractivity contribution in [2.24, 2.45) is 5.92 Å². The molecule has 0 saturated carbocycles. The molecule has 30 heavy (non-hydrogen) atoms. The van der Waals surface area contributed by atoms with Gasteiger partial charge in [-0.1, -0.05) is 36.7 Å². The number of nitrogens with one attached hydrogen (secondary N) is 1. The molecule has 0 saturated heterocycles. The highest BCUT2D eigenvalue weighted by Crippen LogP contribution is 2.18. The van der Waals surface area contributed by atoms with E-state index in [-0.39, 0.29) is 36.0 Å². The standard InChI is InChI=1S/C22H22FN3O4/c1-13(2)19(25-20(27)15-6-4-14(3)5-7-15)22(28)29-12-18-24-21(30-26-18)16-8-10-17(23)11-9-16/h4-11,13,19H,12H2,1-3H3,(H,25,27)/t19-/m0/s1. The number of carbonyl (C=O) groups is 2. The summed E-state index contributed by atoms with van der Waals surface area (Å²) in [6.07, 6.45) is 0. The van der Waals surface area contributed by atoms with Crippen LogP contribution in [0.1, 0.15) is 35.6 Å². The number of hydrogen-bond acceptors (Lipinski definition) is 6. The lowest BCUT2D eigenvalue weighted by Gasteiger charge is -2.20. The zero-order valence-corrected chi connectivity index (χ0v) is 16.9. The van der Waals surface area contributed by atoms with Crippen LogP contribution in [0.3, 0.4) is 0 Å². The average Bonchev–Trinajstić information content (AvgIpc) is 3.20. The summed E-state index contributed by atoms with van der Waals surface area (Å²) in [6, 6.07) is 11.8. The molecule has 7 nitrogen and oxygen atoms in total. The Hall–Kier alpha value is -3.55. The van der Waals surface area contributed by atoms with Crippen LogP contribution in [0.5, 0.6) is 0 Å². The summed E-state index contributed by atoms with van der Waals surface area (Å²) >= 11 is 0. The summed E-state index contributed by atoms with van der Waals surface area (Å²) in [5.74, 6) is -1.17. The second kappa shape index (κ2) is 9.30. The van der Waals surface area contributed by atoms with Gasteiger partial charge in [0.15, 0.2) is 6.61 Å². The lowest BCUT2D eigenvalue weighted by atomic mass is 10.0. The first-order valence-electron chi connectivity index (χ1n) is 9.46. The van der Waals surface area contributed by atoms with E-state index in [1.54, 1.807) is 12.1 Å². The molecule has 1 atom stereocenters. The first-order valence-corrected chi connectivity index (χ1v) is 9.46. The molecule has 0 radical (unpaired) electrons. The van der Waals surface area contributed by atoms with Gasteiger partial charge in [0.05, 0.1) is 0 Å². The molecule has 8 heteroatoms. The molecule has 1 N–H and O–H groups in total. The Bertz CT molecular complexity index is 1010. The molecule has 1 heterocycles. The lowest BCUT2D eigenvalue weighted by molar-refractivity contribution is -0.148. The number of nitrogens with zero attached hydrogens (tertiary/aromatic N) is 2. The summed E-state index contributed by atoms with van der Waals surface area (Å²) in [5, 5.41) is 6.47. The molecule has 3 rings (SSSR count). The van der Waals surface area contributed by atoms with Crippen LogP contribution >= 0.6 is 0 Å². The minimum absolute atomic E-state index is 0.162. The van der Waals surface area contributed by atoms with Crippen molar-refractivity contribution in [1.82, 2.24) is 15.5 Å². The van der Waals surface area contributed by atoms with Crippen LogP contribution in [0.15, 0.2) is 53.1 Å². The van der Waals surface area contributed by atoms with Crippen LogP contribution in [0.25, 0.3) is 11.5 Å². The van der Waals surface area contributed by atoms with Gasteiger partial charge >= 0.3 is 5.97 Å². The average molecular weight is 411 g/mol. The van der Waals surface area contributed by atoms with Gasteiger partial charge < -0.3 is 14.6 Å². The summed E-state index contributed by atoms with van der Waals surface area (Å²) < 4.78 is 23.4. The Morgan fingerprint density at radius 2 is 1.77 bits per heavy atom. The van der Waals surface area contributed by atoms with Crippen LogP contribution in [0, 0.1) is 18.7 Å². The van der Waals surface area contributed by atoms with Crippen molar-refractivity contribution in [3.8, 4) is 11.5 Å². The number of rotatable bonds is 7. The molecule has 0 spiro atoms. The molecular weight excluding hydrogens is 389 g/mol. The Morgan fingerprint density at radius 3 is 2.40 bits per heavy atom. The Labute approximate surface area is 173 Å². The maximum absolute atomic E-state index is 13.0. The number of halogens is 1. The molecule has 3 aromatic rings. The molecule has 0 aliphatic heterocycles. The minimum atomic E-state index is -0.831. The number of hydrogen-bond donors (Lipinski definition) is 1. The first-order chi connectivity index (χ1) is 14.3. The van der Waals surface area contributed by atoms with Crippen molar-refractivity contribution in [3.05, 3.63) is 71.3 Å². The van der Waals surface area contributed by atoms with Crippen LogP contribution in [-0.2, 0) is 16.1 Å². The predicted molar refractivity (Wildman–Crippen MR) is 107 cm³/mol. The van der Waals surface area contributed by atoms with E-state index in [0.717, 1.165) is 5.56 Å². The third kappa shape index (κ3) is 5.28. The van der Waals surface area contributed by atoms with E-state index in [0.29, 0.717) is 11.1 Å². The smallest absolute Gasteiger partial charge is 0.329 e. The van der Waals surface area contributed by atoms with Gasteiger partial charge in [0.25, 0.3) is 11.8 Å². The summed E-state index contributed by atoms with van der Waals surface area (Å²) in [7, 11) is 0. The van der Waals surface area contributed by atoms with Crippen LogP contribution in [0.4, 0.5) is 4.39 Å². The molecule has 2 aromatic carbocycles. The van der Waals surface area contributed by atoms with E-state index in [1.165, 1.54) is 24.3 Å². The monoisotopic (exact) mass is 411 g/mol. The van der Waals surface area contributed by atoms with Gasteiger partial charge in [0.2, 0.25) is 5.82 Å². The third-order valence-corrected chi connectivity index (χ3v) is 4.42. The van der Waals surface area contributed by atoms with Gasteiger partial charge in [-0.05, 0) is 49.2 Å². The summed E-state index contributed by atoms with van der Waals surface area (Å²) in [4.78, 5) is 29.1. The summed E-state index contributed by atoms with van der Waals surface area (Å²) in [5.41, 5.74) is 2.04. The Morgan fingerprint density at radius 1 is 1.10 bits per heavy atom. The first kappa shape index (κ1) is 21.2. The normalized spacial score (nSPS) is 11.9. The second-order valence-corrected chi connectivity index (χ2v) is 7.19. The molecule has 0 bridgehead atoms. The second-order valence-electron chi connectivity index (χ2n) is 7.19. The molecule has 0 aliphatic carbocycles. The van der Waals surface area contributed by atoms with E-state index in [4.69, 9.17) is 9.26 Å². The van der Waals surface area contributed by atoms with Crippen molar-refractivity contribution < 1.29 is 23.2 Å². The predicted octanol–water partition coefficient (Wildman–Crippen LogP) is 3.68. The van der Waals surface area contributed by atoms with Crippen molar-refractivity contribution in [2.75, 3.05) is 0 Å². The number of ether oxygens (including phenoxy) is 1. The van der Waals surface area contributed by atoms with E-state index in [2.05, 4.69) is 15.5 Å². The molecule has 1 amide bonds. The number of aromatic nitrogens is 2. The molecule has 0 fully saturated rings. The van der Waals surface area contributed by atoms with Gasteiger partial charge in [0, 0.05) is 11.1 Å². The topological polar surface area (TPSA) is 94.3 Å². The lowest BCUT2D eigenvalue weighted by Crippen LogP contribution is -2.45. The van der Waals surface area contributed by atoms with E-state index < -0.39 is 12.0 Å². The highest BCUT2D eigenvalue weighted by Gasteiger charge is 2.26. The Kier molecular flexibility index (Phi) is 6.56. The fraction of sp³-hybridized carbons (Fsp3) is 0.273. The highest BCUT2D eigenvalue weighted by atomic mass is 19.1. The van der Waals surface area contributed by atoms with Crippen molar-refractivity contribution >= 4 is 11.9 Å². The third-order valence-electron chi connectivity index (χ3n) is 4.42. The van der Waals surface area contributed by atoms with E-state index in [1.807, 2.05) is 32.9 Å². The Balaban J connectivity index is 1.61. The fourth-order valence-electron chi connectivity index (χ4n) is 2.68. The largest absolute Gasteiger partial charge is 0.456 e. The van der Waals surface area contributed by atoms with Crippen LogP contribution in [0.2, 0.25) is 0 Å². The quantitative estimate of drug-likeness (QED) is 0.596. The van der Waals surface area contributed by atoms with Gasteiger partial charge in [-0.25, -0.2) is 9.18 Å². The van der Waals surface area contributed by atoms with Crippen molar-refractivity contribution in [2.45, 2.75) is 33.4 Å². The van der Waals surface area contributed by atoms with Crippen LogP contribution in [-0.4, -0.2) is 28.1 Å². The zero-order chi connectivity index (χ0) is 21.7. The van der Waals surface area contributed by atoms with Crippen molar-refractivity contribution in [1.29, 1.82) is 0 Å². The van der Waals surface area contributed by atoms with Crippen molar-refractivity contribution in [3.63, 3.8) is 0 Å². The van der Waals surface area contributed by atoms with Crippen LogP contribution < -0.4 is 5.32 Å². The minimum Gasteiger partial charge on any atom is -0.456 e. The highest BCUT2D eigenvalue weighted by molar-refractivity contribution is 5.96. The molecule has 0 unspecified atom stereocenters. The SMILES string of the molecule is Cc1ccc(C(=O)N[C@H](C(=O)OCc2noc(-c3ccc(F)cc3)n2)C(C)C)cc1. The summed E-state index contributed by atoms with van der Waals surface area (Å²) in [6.45, 7) is 5.33. The fourth-order valence-corrected chi connectivity index (χ4v) is 2.68. The molecular formula is C22H22FN3O4. The van der Waals surface area contributed by atoms with E-state index >= 15 is 0 Å². The number of amides is 1. The molecule has 156 valence electrons. The van der Waals surface area contributed by atoms with Gasteiger partial charge in [-0.15, -0.1) is 0 Å². The maximum Gasteiger partial charge on any atom is 0.329 e. The zero-order valence-electron chi connectivity index (χ0n) is 16.9. The molecule has 1 aromatic heterocycles. The number of benzene rings is 2. The number of aryl methyl sites for hydroxylation is 1. The van der Waals surface area contributed by atoms with Gasteiger partial charge in [-0.3, -0.25) is 4.79 Å². The number of esters is 1. The van der Waals surface area contributed by atoms with Gasteiger partial charge in [-0.2, -0.15) is 4.98 Å². The van der Waals surface area contributed by atoms with Gasteiger partial charge in [0.1, 0.15) is 11.9 Å². The maximum atomic E-state index is 13.0. The van der Waals surface area contributed by atoms with E-state index in [9.17, 15) is 14.0 Å². The number of carbonyl (C=O) groups excluding carboxylic acids is 2.